The highest BCUT2D eigenvalue weighted by molar-refractivity contribution is 7.99. The molecule has 0 radical (unpaired) electrons. The number of hydrogen-bond acceptors (Lipinski definition) is 8. The van der Waals surface area contributed by atoms with E-state index >= 15 is 0 Å². The van der Waals surface area contributed by atoms with Crippen molar-refractivity contribution in [2.24, 2.45) is 0 Å². The molecule has 0 fully saturated rings. The Morgan fingerprint density at radius 3 is 2.71 bits per heavy atom. The van der Waals surface area contributed by atoms with Gasteiger partial charge in [0.15, 0.2) is 16.7 Å². The fourth-order valence-corrected chi connectivity index (χ4v) is 4.51. The Kier molecular flexibility index (Phi) is 7.36. The summed E-state index contributed by atoms with van der Waals surface area (Å²) in [5.41, 5.74) is 1.21. The maximum atomic E-state index is 13.0. The van der Waals surface area contributed by atoms with E-state index in [1.807, 2.05) is 18.2 Å². The smallest absolute Gasteiger partial charge is 0.307 e. The summed E-state index contributed by atoms with van der Waals surface area (Å²) in [7, 11) is 3.02. The first-order chi connectivity index (χ1) is 16.5. The van der Waals surface area contributed by atoms with Gasteiger partial charge in [0.1, 0.15) is 13.2 Å². The molecular formula is C24H25N3O6S. The van der Waals surface area contributed by atoms with E-state index in [2.05, 4.69) is 4.98 Å². The second-order valence-electron chi connectivity index (χ2n) is 7.71. The molecule has 0 atom stereocenters. The highest BCUT2D eigenvalue weighted by atomic mass is 32.2. The van der Waals surface area contributed by atoms with E-state index in [0.717, 1.165) is 5.56 Å². The van der Waals surface area contributed by atoms with Crippen LogP contribution in [0.5, 0.6) is 11.5 Å². The number of hydrogen-bond donors (Lipinski definition) is 0. The van der Waals surface area contributed by atoms with E-state index in [1.54, 1.807) is 36.2 Å². The minimum absolute atomic E-state index is 0.0297. The number of carbonyl (C=O) groups is 2. The number of fused-ring (bicyclic) bond motifs is 2. The fourth-order valence-electron chi connectivity index (χ4n) is 3.54. The Labute approximate surface area is 200 Å². The molecule has 0 bridgehead atoms. The molecule has 2 heterocycles. The first-order valence-electron chi connectivity index (χ1n) is 10.8. The molecule has 1 amide bonds. The second-order valence-corrected chi connectivity index (χ2v) is 8.65. The number of esters is 1. The van der Waals surface area contributed by atoms with Gasteiger partial charge in [0.05, 0.1) is 30.2 Å². The Balaban J connectivity index is 1.47. The van der Waals surface area contributed by atoms with Crippen molar-refractivity contribution in [3.8, 4) is 11.5 Å². The number of thioether (sulfide) groups is 1. The summed E-state index contributed by atoms with van der Waals surface area (Å²) in [5.74, 6) is 0.915. The predicted molar refractivity (Wildman–Crippen MR) is 127 cm³/mol. The van der Waals surface area contributed by atoms with Crippen LogP contribution in [0.1, 0.15) is 12.0 Å². The summed E-state index contributed by atoms with van der Waals surface area (Å²) in [4.78, 5) is 43.7. The van der Waals surface area contributed by atoms with Crippen LogP contribution in [0, 0.1) is 0 Å². The lowest BCUT2D eigenvalue weighted by atomic mass is 10.2. The first kappa shape index (κ1) is 23.6. The van der Waals surface area contributed by atoms with Gasteiger partial charge in [0, 0.05) is 20.1 Å². The summed E-state index contributed by atoms with van der Waals surface area (Å²) < 4.78 is 17.3. The Hall–Kier alpha value is -3.53. The molecule has 0 unspecified atom stereocenters. The van der Waals surface area contributed by atoms with Crippen LogP contribution in [0.4, 0.5) is 0 Å². The Bertz CT molecular complexity index is 1280. The van der Waals surface area contributed by atoms with Crippen molar-refractivity contribution in [1.29, 1.82) is 0 Å². The highest BCUT2D eigenvalue weighted by Crippen LogP contribution is 2.31. The molecule has 1 aliphatic rings. The maximum Gasteiger partial charge on any atom is 0.307 e. The minimum Gasteiger partial charge on any atom is -0.486 e. The molecular weight excluding hydrogens is 458 g/mol. The van der Waals surface area contributed by atoms with Crippen molar-refractivity contribution in [1.82, 2.24) is 14.5 Å². The molecule has 0 saturated heterocycles. The van der Waals surface area contributed by atoms with Gasteiger partial charge in [-0.25, -0.2) is 4.98 Å². The van der Waals surface area contributed by atoms with Gasteiger partial charge < -0.3 is 19.1 Å². The molecule has 0 N–H and O–H groups in total. The van der Waals surface area contributed by atoms with Crippen LogP contribution >= 0.6 is 11.8 Å². The molecule has 2 aromatic carbocycles. The molecule has 178 valence electrons. The number of amides is 1. The number of nitrogens with zero attached hydrogens (tertiary/aromatic N) is 3. The number of methoxy groups -OCH3 is 1. The number of rotatable bonds is 8. The van der Waals surface area contributed by atoms with Crippen molar-refractivity contribution in [3.63, 3.8) is 0 Å². The minimum atomic E-state index is -0.425. The van der Waals surface area contributed by atoms with Gasteiger partial charge in [-0.15, -0.1) is 0 Å². The lowest BCUT2D eigenvalue weighted by molar-refractivity contribution is -0.140. The number of ether oxygens (including phenoxy) is 3. The molecule has 9 nitrogen and oxygen atoms in total. The van der Waals surface area contributed by atoms with Crippen LogP contribution in [0.25, 0.3) is 10.9 Å². The molecule has 1 aromatic heterocycles. The van der Waals surface area contributed by atoms with Crippen molar-refractivity contribution < 1.29 is 23.8 Å². The van der Waals surface area contributed by atoms with E-state index in [-0.39, 0.29) is 30.2 Å². The molecule has 0 aliphatic carbocycles. The highest BCUT2D eigenvalue weighted by Gasteiger charge is 2.17. The molecule has 3 aromatic rings. The third-order valence-corrected chi connectivity index (χ3v) is 6.33. The Morgan fingerprint density at radius 2 is 1.91 bits per heavy atom. The average molecular weight is 484 g/mol. The topological polar surface area (TPSA) is 100.0 Å². The summed E-state index contributed by atoms with van der Waals surface area (Å²) >= 11 is 1.17. The first-order valence-corrected chi connectivity index (χ1v) is 11.8. The standard InChI is InChI=1S/C24H25N3O6S/c1-26(14-16-7-8-19-20(13-16)33-12-11-32-19)21(28)15-34-24-25-18-6-4-3-5-17(18)23(30)27(24)10-9-22(29)31-2/h3-8,13H,9-12,14-15H2,1-2H3. The monoisotopic (exact) mass is 483 g/mol. The zero-order valence-corrected chi connectivity index (χ0v) is 19.8. The number of benzene rings is 2. The molecule has 1 aliphatic heterocycles. The molecule has 0 spiro atoms. The SMILES string of the molecule is COC(=O)CCn1c(SCC(=O)N(C)Cc2ccc3c(c2)OCCO3)nc2ccccc2c1=O. The van der Waals surface area contributed by atoms with Crippen LogP contribution in [0.2, 0.25) is 0 Å². The van der Waals surface area contributed by atoms with Crippen LogP contribution in [-0.2, 0) is 27.4 Å². The van der Waals surface area contributed by atoms with Gasteiger partial charge in [-0.3, -0.25) is 19.0 Å². The zero-order chi connectivity index (χ0) is 24.1. The van der Waals surface area contributed by atoms with Crippen LogP contribution in [-0.4, -0.2) is 59.5 Å². The number of carbonyl (C=O) groups excluding carboxylic acids is 2. The van der Waals surface area contributed by atoms with E-state index in [4.69, 9.17) is 14.2 Å². The lowest BCUT2D eigenvalue weighted by Gasteiger charge is -2.21. The fraction of sp³-hybridized carbons (Fsp3) is 0.333. The normalized spacial score (nSPS) is 12.4. The van der Waals surface area contributed by atoms with Crippen LogP contribution in [0.3, 0.4) is 0 Å². The van der Waals surface area contributed by atoms with E-state index in [0.29, 0.717) is 47.3 Å². The predicted octanol–water partition coefficient (Wildman–Crippen LogP) is 2.48. The zero-order valence-electron chi connectivity index (χ0n) is 19.0. The average Bonchev–Trinajstić information content (AvgIpc) is 2.86. The van der Waals surface area contributed by atoms with E-state index < -0.39 is 5.97 Å². The van der Waals surface area contributed by atoms with Gasteiger partial charge in [-0.05, 0) is 29.8 Å². The van der Waals surface area contributed by atoms with Gasteiger partial charge >= 0.3 is 5.97 Å². The maximum absolute atomic E-state index is 13.0. The summed E-state index contributed by atoms with van der Waals surface area (Å²) in [6, 6.07) is 12.6. The molecule has 0 saturated carbocycles. The Morgan fingerprint density at radius 1 is 1.15 bits per heavy atom. The van der Waals surface area contributed by atoms with Crippen LogP contribution in [0.15, 0.2) is 52.4 Å². The molecule has 34 heavy (non-hydrogen) atoms. The van der Waals surface area contributed by atoms with Crippen molar-refractivity contribution >= 4 is 34.5 Å². The molecule has 4 rings (SSSR count). The van der Waals surface area contributed by atoms with Crippen molar-refractivity contribution in [2.75, 3.05) is 33.1 Å². The third-order valence-electron chi connectivity index (χ3n) is 5.37. The van der Waals surface area contributed by atoms with Crippen molar-refractivity contribution in [2.45, 2.75) is 24.7 Å². The summed E-state index contributed by atoms with van der Waals surface area (Å²) in [6.45, 7) is 1.54. The second kappa shape index (κ2) is 10.6. The van der Waals surface area contributed by atoms with Gasteiger partial charge in [0.25, 0.3) is 5.56 Å². The van der Waals surface area contributed by atoms with Gasteiger partial charge in [-0.1, -0.05) is 30.0 Å². The van der Waals surface area contributed by atoms with Gasteiger partial charge in [0.2, 0.25) is 5.91 Å². The molecule has 10 heteroatoms. The van der Waals surface area contributed by atoms with Crippen molar-refractivity contribution in [3.05, 3.63) is 58.4 Å². The van der Waals surface area contributed by atoms with Gasteiger partial charge in [-0.2, -0.15) is 0 Å². The largest absolute Gasteiger partial charge is 0.486 e. The lowest BCUT2D eigenvalue weighted by Crippen LogP contribution is -2.29. The van der Waals surface area contributed by atoms with Crippen LogP contribution < -0.4 is 15.0 Å². The van der Waals surface area contributed by atoms with E-state index in [9.17, 15) is 14.4 Å². The summed E-state index contributed by atoms with van der Waals surface area (Å²) in [5, 5.41) is 0.840. The summed E-state index contributed by atoms with van der Waals surface area (Å²) in [6.07, 6.45) is 0.0297. The quantitative estimate of drug-likeness (QED) is 0.274. The third kappa shape index (κ3) is 5.33. The number of para-hydroxylation sites is 1. The number of aromatic nitrogens is 2. The van der Waals surface area contributed by atoms with E-state index in [1.165, 1.54) is 23.4 Å².